The lowest BCUT2D eigenvalue weighted by Gasteiger charge is -2.28. The number of piperidine rings is 1. The number of urea groups is 1. The largest absolute Gasteiger partial charge is 0.370 e. The number of carbonyl (C=O) groups excluding carboxylic acids is 2. The molecule has 1 fully saturated rings. The molecule has 25 heavy (non-hydrogen) atoms. The minimum absolute atomic E-state index is 0.0869. The van der Waals surface area contributed by atoms with Crippen LogP contribution < -0.4 is 20.9 Å². The summed E-state index contributed by atoms with van der Waals surface area (Å²) in [5, 5.41) is 8.13. The van der Waals surface area contributed by atoms with Gasteiger partial charge in [0, 0.05) is 19.1 Å². The summed E-state index contributed by atoms with van der Waals surface area (Å²) in [7, 11) is 0. The molecular formula is C18H29N5O2. The molecule has 1 saturated heterocycles. The number of rotatable bonds is 6. The number of nitrogens with zero attached hydrogens (tertiary/aromatic N) is 2. The van der Waals surface area contributed by atoms with Gasteiger partial charge in [-0.2, -0.15) is 0 Å². The zero-order chi connectivity index (χ0) is 18.2. The number of hydrogen-bond acceptors (Lipinski definition) is 4. The fourth-order valence-corrected chi connectivity index (χ4v) is 2.68. The molecule has 138 valence electrons. The second kappa shape index (κ2) is 9.25. The Bertz CT molecular complexity index is 569. The molecule has 0 saturated carbocycles. The Balaban J connectivity index is 1.82. The van der Waals surface area contributed by atoms with Gasteiger partial charge in [-0.05, 0) is 51.7 Å². The minimum atomic E-state index is -0.610. The number of amides is 3. The molecule has 2 rings (SSSR count). The van der Waals surface area contributed by atoms with Crippen LogP contribution in [0.4, 0.5) is 16.3 Å². The Hall–Kier alpha value is -2.31. The van der Waals surface area contributed by atoms with Gasteiger partial charge in [0.2, 0.25) is 5.91 Å². The molecule has 2 atom stereocenters. The van der Waals surface area contributed by atoms with E-state index in [0.29, 0.717) is 5.82 Å². The summed E-state index contributed by atoms with van der Waals surface area (Å²) >= 11 is 0. The molecule has 0 radical (unpaired) electrons. The summed E-state index contributed by atoms with van der Waals surface area (Å²) in [6.45, 7) is 7.69. The van der Waals surface area contributed by atoms with E-state index < -0.39 is 12.1 Å². The standard InChI is InChI=1S/C18H29N5O2/c1-4-13(2)20-17(24)14(3)21-18(25)22-16-9-8-15(12-19-16)23-10-6-5-7-11-23/h8-9,12-14H,4-7,10-11H2,1-3H3,(H,20,24)(H2,19,21,22,25). The van der Waals surface area contributed by atoms with Gasteiger partial charge in [-0.1, -0.05) is 6.92 Å². The fraction of sp³-hybridized carbons (Fsp3) is 0.611. The third-order valence-corrected chi connectivity index (χ3v) is 4.45. The van der Waals surface area contributed by atoms with Crippen LogP contribution in [0.1, 0.15) is 46.5 Å². The van der Waals surface area contributed by atoms with Crippen molar-refractivity contribution in [3.05, 3.63) is 18.3 Å². The summed E-state index contributed by atoms with van der Waals surface area (Å²) < 4.78 is 0. The van der Waals surface area contributed by atoms with E-state index in [1.807, 2.05) is 19.9 Å². The molecule has 2 unspecified atom stereocenters. The van der Waals surface area contributed by atoms with E-state index in [4.69, 9.17) is 0 Å². The van der Waals surface area contributed by atoms with Crippen molar-refractivity contribution >= 4 is 23.4 Å². The van der Waals surface area contributed by atoms with Crippen molar-refractivity contribution in [3.8, 4) is 0 Å². The molecule has 3 N–H and O–H groups in total. The molecule has 0 aliphatic carbocycles. The van der Waals surface area contributed by atoms with Gasteiger partial charge in [0.05, 0.1) is 11.9 Å². The van der Waals surface area contributed by atoms with Crippen LogP contribution in [-0.4, -0.2) is 42.1 Å². The molecule has 2 heterocycles. The number of pyridine rings is 1. The van der Waals surface area contributed by atoms with Crippen molar-refractivity contribution in [2.75, 3.05) is 23.3 Å². The Labute approximate surface area is 149 Å². The molecule has 0 aromatic carbocycles. The summed E-state index contributed by atoms with van der Waals surface area (Å²) in [5.74, 6) is 0.269. The first-order valence-corrected chi connectivity index (χ1v) is 9.08. The van der Waals surface area contributed by atoms with Crippen molar-refractivity contribution in [3.63, 3.8) is 0 Å². The van der Waals surface area contributed by atoms with E-state index in [0.717, 1.165) is 25.2 Å². The highest BCUT2D eigenvalue weighted by Gasteiger charge is 2.17. The first kappa shape index (κ1) is 19.0. The molecule has 7 nitrogen and oxygen atoms in total. The molecule has 3 amide bonds. The third kappa shape index (κ3) is 5.92. The number of hydrogen-bond donors (Lipinski definition) is 3. The highest BCUT2D eigenvalue weighted by molar-refractivity contribution is 5.93. The molecule has 1 aliphatic heterocycles. The van der Waals surface area contributed by atoms with Crippen LogP contribution in [-0.2, 0) is 4.79 Å². The van der Waals surface area contributed by atoms with Crippen molar-refractivity contribution in [2.45, 2.75) is 58.5 Å². The average molecular weight is 347 g/mol. The van der Waals surface area contributed by atoms with Crippen LogP contribution in [0, 0.1) is 0 Å². The van der Waals surface area contributed by atoms with Crippen molar-refractivity contribution in [1.82, 2.24) is 15.6 Å². The zero-order valence-electron chi connectivity index (χ0n) is 15.3. The summed E-state index contributed by atoms with van der Waals surface area (Å²) in [5.41, 5.74) is 1.08. The quantitative estimate of drug-likeness (QED) is 0.738. The molecule has 1 aromatic rings. The molecule has 1 aliphatic rings. The zero-order valence-corrected chi connectivity index (χ0v) is 15.3. The maximum Gasteiger partial charge on any atom is 0.321 e. The lowest BCUT2D eigenvalue weighted by molar-refractivity contribution is -0.123. The Morgan fingerprint density at radius 2 is 1.88 bits per heavy atom. The number of carbonyl (C=O) groups is 2. The van der Waals surface area contributed by atoms with Crippen molar-refractivity contribution in [2.24, 2.45) is 0 Å². The van der Waals surface area contributed by atoms with E-state index in [1.165, 1.54) is 19.3 Å². The number of aromatic nitrogens is 1. The summed E-state index contributed by atoms with van der Waals surface area (Å²) in [6, 6.07) is 2.79. The normalized spacial score (nSPS) is 16.7. The predicted octanol–water partition coefficient (Wildman–Crippen LogP) is 2.50. The van der Waals surface area contributed by atoms with Crippen LogP contribution in [0.15, 0.2) is 18.3 Å². The highest BCUT2D eigenvalue weighted by atomic mass is 16.2. The topological polar surface area (TPSA) is 86.4 Å². The second-order valence-electron chi connectivity index (χ2n) is 6.59. The van der Waals surface area contributed by atoms with Gasteiger partial charge in [-0.25, -0.2) is 9.78 Å². The number of nitrogens with one attached hydrogen (secondary N) is 3. The first-order valence-electron chi connectivity index (χ1n) is 9.08. The molecule has 7 heteroatoms. The SMILES string of the molecule is CCC(C)NC(=O)C(C)NC(=O)Nc1ccc(N2CCCCC2)cn1. The minimum Gasteiger partial charge on any atom is -0.370 e. The van der Waals surface area contributed by atoms with E-state index in [1.54, 1.807) is 19.2 Å². The van der Waals surface area contributed by atoms with Gasteiger partial charge < -0.3 is 15.5 Å². The van der Waals surface area contributed by atoms with Gasteiger partial charge in [0.15, 0.2) is 0 Å². The van der Waals surface area contributed by atoms with E-state index in [-0.39, 0.29) is 11.9 Å². The summed E-state index contributed by atoms with van der Waals surface area (Å²) in [4.78, 5) is 30.6. The fourth-order valence-electron chi connectivity index (χ4n) is 2.68. The maximum atomic E-state index is 12.0. The lowest BCUT2D eigenvalue weighted by Crippen LogP contribution is -2.48. The van der Waals surface area contributed by atoms with Gasteiger partial charge in [-0.3, -0.25) is 10.1 Å². The van der Waals surface area contributed by atoms with Crippen molar-refractivity contribution in [1.29, 1.82) is 0 Å². The van der Waals surface area contributed by atoms with Gasteiger partial charge in [0.25, 0.3) is 0 Å². The van der Waals surface area contributed by atoms with Gasteiger partial charge in [-0.15, -0.1) is 0 Å². The smallest absolute Gasteiger partial charge is 0.321 e. The Morgan fingerprint density at radius 1 is 1.16 bits per heavy atom. The summed E-state index contributed by atoms with van der Waals surface area (Å²) in [6.07, 6.45) is 6.32. The molecule has 0 spiro atoms. The average Bonchev–Trinajstić information content (AvgIpc) is 2.62. The van der Waals surface area contributed by atoms with Gasteiger partial charge in [0.1, 0.15) is 11.9 Å². The molecule has 1 aromatic heterocycles. The van der Waals surface area contributed by atoms with Gasteiger partial charge >= 0.3 is 6.03 Å². The predicted molar refractivity (Wildman–Crippen MR) is 99.8 cm³/mol. The second-order valence-corrected chi connectivity index (χ2v) is 6.59. The maximum absolute atomic E-state index is 12.0. The van der Waals surface area contributed by atoms with E-state index >= 15 is 0 Å². The lowest BCUT2D eigenvalue weighted by atomic mass is 10.1. The molecule has 0 bridgehead atoms. The Morgan fingerprint density at radius 3 is 2.48 bits per heavy atom. The van der Waals surface area contributed by atoms with E-state index in [2.05, 4.69) is 25.8 Å². The Kier molecular flexibility index (Phi) is 7.03. The monoisotopic (exact) mass is 347 g/mol. The van der Waals surface area contributed by atoms with Crippen LogP contribution in [0.25, 0.3) is 0 Å². The van der Waals surface area contributed by atoms with E-state index in [9.17, 15) is 9.59 Å². The highest BCUT2D eigenvalue weighted by Crippen LogP contribution is 2.19. The van der Waals surface area contributed by atoms with Crippen LogP contribution >= 0.6 is 0 Å². The van der Waals surface area contributed by atoms with Crippen LogP contribution in [0.5, 0.6) is 0 Å². The van der Waals surface area contributed by atoms with Crippen molar-refractivity contribution < 1.29 is 9.59 Å². The molecular weight excluding hydrogens is 318 g/mol. The van der Waals surface area contributed by atoms with Crippen LogP contribution in [0.2, 0.25) is 0 Å². The number of anilines is 2. The first-order chi connectivity index (χ1) is 12.0. The third-order valence-electron chi connectivity index (χ3n) is 4.45. The van der Waals surface area contributed by atoms with Crippen LogP contribution in [0.3, 0.4) is 0 Å².